The Bertz CT molecular complexity index is 4700. The molecule has 0 bridgehead atoms. The maximum absolute atomic E-state index is 2.30. The average Bonchev–Trinajstić information content (AvgIpc) is 1.57. The Morgan fingerprint density at radius 3 is 1.05 bits per heavy atom. The summed E-state index contributed by atoms with van der Waals surface area (Å²) in [6, 6.07) is 75.5. The van der Waals surface area contributed by atoms with E-state index in [1.165, 1.54) is 137 Å². The van der Waals surface area contributed by atoms with Crippen molar-refractivity contribution < 1.29 is 18.3 Å². The van der Waals surface area contributed by atoms with Crippen LogP contribution in [0, 0.1) is 27.7 Å². The summed E-state index contributed by atoms with van der Waals surface area (Å²) in [4.78, 5) is 5.47. The second-order valence-corrected chi connectivity index (χ2v) is 24.7. The normalized spacial score (nSPS) is 9.67. The molecule has 518 valence electrons. The van der Waals surface area contributed by atoms with E-state index in [1.54, 1.807) is 0 Å². The zero-order valence-electron chi connectivity index (χ0n) is 62.4. The van der Waals surface area contributed by atoms with Crippen LogP contribution in [0.5, 0.6) is 0 Å². The van der Waals surface area contributed by atoms with Crippen LogP contribution in [0.4, 0.5) is 0 Å². The van der Waals surface area contributed by atoms with Gasteiger partial charge < -0.3 is 0 Å². The zero-order valence-corrected chi connectivity index (χ0v) is 65.6. The van der Waals surface area contributed by atoms with Crippen LogP contribution in [0.1, 0.15) is 148 Å². The lowest BCUT2D eigenvalue weighted by atomic mass is 10.1. The molecule has 0 saturated carbocycles. The van der Waals surface area contributed by atoms with E-state index < -0.39 is 0 Å². The minimum Gasteiger partial charge on any atom is -0.200 e. The minimum absolute atomic E-state index is 0. The number of thiophene rings is 4. The Hall–Kier alpha value is -8.24. The van der Waals surface area contributed by atoms with Gasteiger partial charge in [0.05, 0.1) is 5.39 Å². The number of nitrogens with zero attached hydrogens (tertiary/aromatic N) is 4. The van der Waals surface area contributed by atoms with Gasteiger partial charge in [-0.05, 0) is 137 Å². The van der Waals surface area contributed by atoms with E-state index in [1.807, 2.05) is 156 Å². The lowest BCUT2D eigenvalue weighted by Crippen LogP contribution is -2.31. The highest BCUT2D eigenvalue weighted by Gasteiger charge is 2.23. The van der Waals surface area contributed by atoms with Crippen molar-refractivity contribution in [1.29, 1.82) is 0 Å². The second-order valence-electron chi connectivity index (χ2n) is 20.5. The molecule has 0 unspecified atom stereocenters. The van der Waals surface area contributed by atoms with Gasteiger partial charge in [-0.15, -0.1) is 45.3 Å². The summed E-state index contributed by atoms with van der Waals surface area (Å²) in [6.45, 7) is 40.9. The van der Waals surface area contributed by atoms with Gasteiger partial charge in [-0.1, -0.05) is 247 Å². The topological polar surface area (TPSA) is 15.5 Å². The molecule has 4 nitrogen and oxygen atoms in total. The van der Waals surface area contributed by atoms with Gasteiger partial charge in [-0.25, -0.2) is 4.57 Å². The predicted octanol–water partition coefficient (Wildman–Crippen LogP) is 27.7. The number of rotatable bonds is 4. The van der Waals surface area contributed by atoms with Crippen molar-refractivity contribution in [2.45, 2.75) is 153 Å². The van der Waals surface area contributed by atoms with Crippen molar-refractivity contribution in [2.75, 3.05) is 0 Å². The third kappa shape index (κ3) is 20.0. The monoisotopic (exact) mass is 1380 g/mol. The molecule has 0 amide bonds. The van der Waals surface area contributed by atoms with Gasteiger partial charge in [0.2, 0.25) is 28.3 Å². The summed E-state index contributed by atoms with van der Waals surface area (Å²) in [7, 11) is 8.51. The van der Waals surface area contributed by atoms with Crippen molar-refractivity contribution in [3.05, 3.63) is 253 Å². The highest BCUT2D eigenvalue weighted by molar-refractivity contribution is 7.23. The van der Waals surface area contributed by atoms with E-state index >= 15 is 0 Å². The summed E-state index contributed by atoms with van der Waals surface area (Å²) in [5.74, 6) is 0. The number of fused-ring (bicyclic) bond motifs is 7. The fraction of sp³-hybridized carbons (Fsp3) is 0.289. The largest absolute Gasteiger partial charge is 0.230 e. The average molecular weight is 1380 g/mol. The summed E-state index contributed by atoms with van der Waals surface area (Å²) in [6.07, 6.45) is 6.47. The number of hydrogen-bond acceptors (Lipinski definition) is 4. The molecule has 0 spiro atoms. The summed E-state index contributed by atoms with van der Waals surface area (Å²) >= 11 is 7.51. The summed E-state index contributed by atoms with van der Waals surface area (Å²) in [5.41, 5.74) is 11.9. The van der Waals surface area contributed by atoms with E-state index in [9.17, 15) is 0 Å². The van der Waals surface area contributed by atoms with E-state index in [0.717, 1.165) is 0 Å². The maximum atomic E-state index is 2.30. The van der Waals surface area contributed by atoms with Gasteiger partial charge in [0.1, 0.15) is 47.7 Å². The molecule has 0 saturated heterocycles. The molecule has 0 atom stereocenters. The molecule has 8 heterocycles. The molecule has 98 heavy (non-hydrogen) atoms. The van der Waals surface area contributed by atoms with Crippen molar-refractivity contribution in [3.63, 3.8) is 0 Å². The highest BCUT2D eigenvalue weighted by atomic mass is 32.1. The molecule has 8 heteroatoms. The maximum Gasteiger partial charge on any atom is 0.230 e. The van der Waals surface area contributed by atoms with Crippen LogP contribution in [0.25, 0.3) is 115 Å². The molecule has 0 aliphatic rings. The third-order valence-corrected chi connectivity index (χ3v) is 20.6. The molecule has 0 aliphatic heterocycles. The van der Waals surface area contributed by atoms with Crippen LogP contribution >= 0.6 is 45.3 Å². The fourth-order valence-corrected chi connectivity index (χ4v) is 16.2. The Kier molecular flexibility index (Phi) is 39.1. The van der Waals surface area contributed by atoms with E-state index in [2.05, 4.69) is 305 Å². The number of para-hydroxylation sites is 1. The Balaban J connectivity index is 0.000000413. The number of aryl methyl sites for hydroxylation is 8. The van der Waals surface area contributed by atoms with Gasteiger partial charge in [-0.3, -0.25) is 0 Å². The summed E-state index contributed by atoms with van der Waals surface area (Å²) < 4.78 is 14.4. The summed E-state index contributed by atoms with van der Waals surface area (Å²) in [5, 5.41) is 11.9. The smallest absolute Gasteiger partial charge is 0.200 e. The quantitative estimate of drug-likeness (QED) is 0.156. The van der Waals surface area contributed by atoms with Gasteiger partial charge in [0.15, 0.2) is 18.6 Å². The number of benzene rings is 7. The van der Waals surface area contributed by atoms with Crippen LogP contribution in [0.2, 0.25) is 0 Å². The first-order valence-corrected chi connectivity index (χ1v) is 38.3. The third-order valence-electron chi connectivity index (χ3n) is 15.5. The molecule has 15 aromatic rings. The van der Waals surface area contributed by atoms with Gasteiger partial charge in [-0.2, -0.15) is 13.7 Å². The van der Waals surface area contributed by atoms with E-state index in [-0.39, 0.29) is 14.9 Å². The van der Waals surface area contributed by atoms with Crippen molar-refractivity contribution >= 4 is 118 Å². The zero-order chi connectivity index (χ0) is 71.0. The number of pyridine rings is 4. The Morgan fingerprint density at radius 1 is 0.255 bits per heavy atom. The van der Waals surface area contributed by atoms with Crippen molar-refractivity contribution in [1.82, 2.24) is 0 Å². The number of aromatic nitrogens is 4. The van der Waals surface area contributed by atoms with Crippen LogP contribution in [-0.4, -0.2) is 0 Å². The molecule has 7 aromatic carbocycles. The molecule has 0 aliphatic carbocycles. The highest BCUT2D eigenvalue weighted by Crippen LogP contribution is 2.41. The van der Waals surface area contributed by atoms with Crippen molar-refractivity contribution in [2.24, 2.45) is 28.2 Å². The van der Waals surface area contributed by atoms with Gasteiger partial charge in [0.25, 0.3) is 0 Å². The molecule has 0 radical (unpaired) electrons. The number of hydrogen-bond donors (Lipinski definition) is 0. The molecule has 15 rings (SSSR count). The lowest BCUT2D eigenvalue weighted by Gasteiger charge is -2.04. The predicted molar refractivity (Wildman–Crippen MR) is 449 cm³/mol. The Morgan fingerprint density at radius 2 is 0.602 bits per heavy atom. The fourth-order valence-electron chi connectivity index (χ4n) is 11.1. The molecule has 0 fully saturated rings. The SMILES string of the molecule is C.C.CC.CC.CC.CC.CC.CC.CC.CC.Cc1c(-c2c3ccccc3cc[n+]2C)sc2ccccc12.Cc1c(-c2cc3ccccc3c[n+]2C)sc2ccccc12.Cc1c(-c2ccc3ccccc3[n+]2C)sc2ccccc12.Cc1c(-c2cccc[n+]2C)sc2ccccc12. The first-order valence-electron chi connectivity index (χ1n) is 35.0. The molecular formula is C90H118N4S4+4. The minimum atomic E-state index is 0. The first-order chi connectivity index (χ1) is 47.0. The Labute approximate surface area is 608 Å². The van der Waals surface area contributed by atoms with Gasteiger partial charge in [0, 0.05) is 66.0 Å². The molecule has 8 aromatic heterocycles. The van der Waals surface area contributed by atoms with Gasteiger partial charge >= 0.3 is 0 Å². The van der Waals surface area contributed by atoms with Crippen LogP contribution in [0.15, 0.2) is 231 Å². The molecule has 0 N–H and O–H groups in total. The van der Waals surface area contributed by atoms with Crippen LogP contribution in [0.3, 0.4) is 0 Å². The van der Waals surface area contributed by atoms with E-state index in [0.29, 0.717) is 0 Å². The van der Waals surface area contributed by atoms with Crippen molar-refractivity contribution in [3.8, 4) is 42.3 Å². The molecular weight excluding hydrogens is 1270 g/mol. The van der Waals surface area contributed by atoms with Crippen LogP contribution < -0.4 is 18.3 Å². The van der Waals surface area contributed by atoms with Crippen LogP contribution in [-0.2, 0) is 28.2 Å². The first kappa shape index (κ1) is 85.8. The lowest BCUT2D eigenvalue weighted by molar-refractivity contribution is -0.660. The standard InChI is InChI=1S/3C19H16NS.C15H14NS.8C2H6.2CH4/c1-13-15-8-4-6-10-18(15)21-19(13)17-12-11-14-7-3-5-9-16(14)20(17)2;1-13-15-8-5-6-10-17(15)21-19(13)18-16-9-4-3-7-14(16)11-12-20(18)2;1-13-16-9-5-6-10-18(16)21-19(13)17-11-14-7-3-4-8-15(14)12-20(17)2;1-11-12-7-3-4-9-14(12)17-15(11)13-8-5-6-10-16(13)2;8*1-2;;/h3*3-12H,1-2H3;3-10H,1-2H3;8*1-2H3;2*1H4/q4*+1;;;;;;;;;;. The van der Waals surface area contributed by atoms with E-state index in [4.69, 9.17) is 0 Å². The second kappa shape index (κ2) is 44.6.